The summed E-state index contributed by atoms with van der Waals surface area (Å²) in [5, 5.41) is 15.3. The van der Waals surface area contributed by atoms with Crippen molar-refractivity contribution in [3.8, 4) is 11.5 Å². The van der Waals surface area contributed by atoms with Crippen LogP contribution in [-0.4, -0.2) is 24.0 Å². The quantitative estimate of drug-likeness (QED) is 0.733. The smallest absolute Gasteiger partial charge is 0.319 e. The standard InChI is InChI=1S/C18H20N2O4/c1-11(16-10-15(24-3)7-8-17(16)22)19-18(23)20-14-6-4-5-13(9-14)12(2)21/h4-11,22H,1-3H3,(H2,19,20,23). The molecule has 0 saturated heterocycles. The zero-order valence-corrected chi connectivity index (χ0v) is 13.8. The minimum absolute atomic E-state index is 0.0715. The van der Waals surface area contributed by atoms with Crippen LogP contribution in [0.2, 0.25) is 0 Å². The lowest BCUT2D eigenvalue weighted by molar-refractivity contribution is 0.101. The van der Waals surface area contributed by atoms with E-state index in [0.717, 1.165) is 0 Å². The van der Waals surface area contributed by atoms with Gasteiger partial charge in [0.15, 0.2) is 5.78 Å². The van der Waals surface area contributed by atoms with Gasteiger partial charge >= 0.3 is 6.03 Å². The molecule has 0 saturated carbocycles. The van der Waals surface area contributed by atoms with Crippen molar-refractivity contribution in [2.24, 2.45) is 0 Å². The number of carbonyl (C=O) groups is 2. The van der Waals surface area contributed by atoms with Crippen molar-refractivity contribution in [2.75, 3.05) is 12.4 Å². The highest BCUT2D eigenvalue weighted by atomic mass is 16.5. The first-order valence-electron chi connectivity index (χ1n) is 7.46. The number of rotatable bonds is 5. The zero-order valence-electron chi connectivity index (χ0n) is 13.8. The number of aromatic hydroxyl groups is 1. The van der Waals surface area contributed by atoms with Gasteiger partial charge in [-0.3, -0.25) is 4.79 Å². The fourth-order valence-electron chi connectivity index (χ4n) is 2.26. The van der Waals surface area contributed by atoms with Crippen LogP contribution in [0.4, 0.5) is 10.5 Å². The maximum absolute atomic E-state index is 12.1. The third kappa shape index (κ3) is 4.25. The monoisotopic (exact) mass is 328 g/mol. The summed E-state index contributed by atoms with van der Waals surface area (Å²) < 4.78 is 5.12. The minimum atomic E-state index is -0.439. The average Bonchev–Trinajstić information content (AvgIpc) is 2.55. The number of anilines is 1. The summed E-state index contributed by atoms with van der Waals surface area (Å²) in [6.45, 7) is 3.22. The number of ketones is 1. The molecular weight excluding hydrogens is 308 g/mol. The SMILES string of the molecule is COc1ccc(O)c(C(C)NC(=O)Nc2cccc(C(C)=O)c2)c1. The highest BCUT2D eigenvalue weighted by Crippen LogP contribution is 2.28. The van der Waals surface area contributed by atoms with Gasteiger partial charge in [-0.15, -0.1) is 0 Å². The summed E-state index contributed by atoms with van der Waals surface area (Å²) in [6.07, 6.45) is 0. The van der Waals surface area contributed by atoms with Gasteiger partial charge < -0.3 is 20.5 Å². The summed E-state index contributed by atoms with van der Waals surface area (Å²) in [5.74, 6) is 0.585. The van der Waals surface area contributed by atoms with Crippen LogP contribution in [0.3, 0.4) is 0 Å². The van der Waals surface area contributed by atoms with Gasteiger partial charge in [0.25, 0.3) is 0 Å². The van der Waals surface area contributed by atoms with Gasteiger partial charge in [0.1, 0.15) is 11.5 Å². The Labute approximate surface area is 140 Å². The Balaban J connectivity index is 2.07. The molecule has 0 aliphatic heterocycles. The number of phenolic OH excluding ortho intramolecular Hbond substituents is 1. The lowest BCUT2D eigenvalue weighted by atomic mass is 10.1. The third-order valence-corrected chi connectivity index (χ3v) is 3.58. The first-order chi connectivity index (χ1) is 11.4. The maximum Gasteiger partial charge on any atom is 0.319 e. The van der Waals surface area contributed by atoms with E-state index in [1.165, 1.54) is 20.1 Å². The summed E-state index contributed by atoms with van der Waals surface area (Å²) in [5.41, 5.74) is 1.58. The molecule has 2 aromatic carbocycles. The summed E-state index contributed by atoms with van der Waals surface area (Å²) in [4.78, 5) is 23.5. The molecule has 0 aliphatic carbocycles. The van der Waals surface area contributed by atoms with E-state index in [2.05, 4.69) is 10.6 Å². The van der Waals surface area contributed by atoms with Gasteiger partial charge in [0.05, 0.1) is 13.2 Å². The summed E-state index contributed by atoms with van der Waals surface area (Å²) in [7, 11) is 1.53. The first-order valence-corrected chi connectivity index (χ1v) is 7.46. The van der Waals surface area contributed by atoms with Gasteiger partial charge in [-0.2, -0.15) is 0 Å². The highest BCUT2D eigenvalue weighted by molar-refractivity contribution is 5.96. The van der Waals surface area contributed by atoms with Crippen LogP contribution >= 0.6 is 0 Å². The second kappa shape index (κ2) is 7.50. The molecule has 0 spiro atoms. The second-order valence-electron chi connectivity index (χ2n) is 5.38. The normalized spacial score (nSPS) is 11.5. The fourth-order valence-corrected chi connectivity index (χ4v) is 2.26. The number of amides is 2. The first kappa shape index (κ1) is 17.3. The topological polar surface area (TPSA) is 87.7 Å². The van der Waals surface area contributed by atoms with Gasteiger partial charge in [-0.1, -0.05) is 12.1 Å². The van der Waals surface area contributed by atoms with Crippen molar-refractivity contribution < 1.29 is 19.4 Å². The average molecular weight is 328 g/mol. The van der Waals surface area contributed by atoms with E-state index in [1.807, 2.05) is 0 Å². The van der Waals surface area contributed by atoms with Crippen LogP contribution in [0.15, 0.2) is 42.5 Å². The molecule has 0 radical (unpaired) electrons. The van der Waals surface area contributed by atoms with Gasteiger partial charge in [0.2, 0.25) is 0 Å². The van der Waals surface area contributed by atoms with Crippen LogP contribution < -0.4 is 15.4 Å². The molecule has 0 bridgehead atoms. The van der Waals surface area contributed by atoms with E-state index >= 15 is 0 Å². The molecule has 0 aliphatic rings. The number of benzene rings is 2. The predicted octanol–water partition coefficient (Wildman–Crippen LogP) is 3.49. The van der Waals surface area contributed by atoms with E-state index < -0.39 is 12.1 Å². The van der Waals surface area contributed by atoms with E-state index in [1.54, 1.807) is 43.3 Å². The third-order valence-electron chi connectivity index (χ3n) is 3.58. The molecule has 0 heterocycles. The molecular formula is C18H20N2O4. The number of methoxy groups -OCH3 is 1. The predicted molar refractivity (Wildman–Crippen MR) is 91.7 cm³/mol. The highest BCUT2D eigenvalue weighted by Gasteiger charge is 2.14. The number of nitrogens with one attached hydrogen (secondary N) is 2. The Bertz CT molecular complexity index is 758. The van der Waals surface area contributed by atoms with Crippen molar-refractivity contribution in [3.63, 3.8) is 0 Å². The molecule has 6 heteroatoms. The van der Waals surface area contributed by atoms with Gasteiger partial charge in [0, 0.05) is 16.8 Å². The zero-order chi connectivity index (χ0) is 17.7. The van der Waals surface area contributed by atoms with Crippen LogP contribution in [0.5, 0.6) is 11.5 Å². The number of phenols is 1. The molecule has 2 aromatic rings. The van der Waals surface area contributed by atoms with Crippen molar-refractivity contribution >= 4 is 17.5 Å². The molecule has 1 unspecified atom stereocenters. The minimum Gasteiger partial charge on any atom is -0.508 e. The molecule has 126 valence electrons. The molecule has 24 heavy (non-hydrogen) atoms. The van der Waals surface area contributed by atoms with Crippen molar-refractivity contribution in [2.45, 2.75) is 19.9 Å². The Morgan fingerprint density at radius 1 is 1.17 bits per heavy atom. The Morgan fingerprint density at radius 3 is 2.58 bits per heavy atom. The number of hydrogen-bond acceptors (Lipinski definition) is 4. The van der Waals surface area contributed by atoms with Crippen molar-refractivity contribution in [3.05, 3.63) is 53.6 Å². The van der Waals surface area contributed by atoms with Crippen molar-refractivity contribution in [1.29, 1.82) is 0 Å². The van der Waals surface area contributed by atoms with E-state index in [9.17, 15) is 14.7 Å². The van der Waals surface area contributed by atoms with E-state index in [-0.39, 0.29) is 11.5 Å². The van der Waals surface area contributed by atoms with Crippen LogP contribution in [0.1, 0.15) is 35.8 Å². The molecule has 1 atom stereocenters. The number of Topliss-reactive ketones (excluding diaryl/α,β-unsaturated/α-hetero) is 1. The maximum atomic E-state index is 12.1. The Kier molecular flexibility index (Phi) is 5.42. The molecule has 0 fully saturated rings. The van der Waals surface area contributed by atoms with Gasteiger partial charge in [-0.05, 0) is 44.2 Å². The van der Waals surface area contributed by atoms with E-state index in [0.29, 0.717) is 22.6 Å². The number of ether oxygens (including phenoxy) is 1. The van der Waals surface area contributed by atoms with Crippen LogP contribution in [0, 0.1) is 0 Å². The largest absolute Gasteiger partial charge is 0.508 e. The van der Waals surface area contributed by atoms with Crippen molar-refractivity contribution in [1.82, 2.24) is 5.32 Å². The number of hydrogen-bond donors (Lipinski definition) is 3. The molecule has 2 rings (SSSR count). The molecule has 3 N–H and O–H groups in total. The van der Waals surface area contributed by atoms with Gasteiger partial charge in [-0.25, -0.2) is 4.79 Å². The summed E-state index contributed by atoms with van der Waals surface area (Å²) in [6, 6.07) is 10.6. The Hall–Kier alpha value is -3.02. The number of carbonyl (C=O) groups excluding carboxylic acids is 2. The van der Waals surface area contributed by atoms with E-state index in [4.69, 9.17) is 4.74 Å². The van der Waals surface area contributed by atoms with Crippen LogP contribution in [0.25, 0.3) is 0 Å². The summed E-state index contributed by atoms with van der Waals surface area (Å²) >= 11 is 0. The lowest BCUT2D eigenvalue weighted by Gasteiger charge is -2.17. The Morgan fingerprint density at radius 2 is 1.92 bits per heavy atom. The molecule has 0 aromatic heterocycles. The second-order valence-corrected chi connectivity index (χ2v) is 5.38. The molecule has 2 amide bonds. The molecule has 6 nitrogen and oxygen atoms in total. The fraction of sp³-hybridized carbons (Fsp3) is 0.222. The number of urea groups is 1. The van der Waals surface area contributed by atoms with Crippen LogP contribution in [-0.2, 0) is 0 Å². The lowest BCUT2D eigenvalue weighted by Crippen LogP contribution is -2.31.